The van der Waals surface area contributed by atoms with Crippen LogP contribution in [-0.4, -0.2) is 21.9 Å². The Morgan fingerprint density at radius 1 is 1.00 bits per heavy atom. The molecule has 0 saturated heterocycles. The minimum atomic E-state index is 0. The third-order valence-corrected chi connectivity index (χ3v) is 5.26. The normalized spacial score (nSPS) is 15.7. The van der Waals surface area contributed by atoms with Gasteiger partial charge in [0.25, 0.3) is 0 Å². The quantitative estimate of drug-likeness (QED) is 0.626. The summed E-state index contributed by atoms with van der Waals surface area (Å²) in [6, 6.07) is 19.5. The molecule has 3 aromatic rings. The number of para-hydroxylation sites is 2. The molecule has 0 amide bonds. The van der Waals surface area contributed by atoms with E-state index in [2.05, 4.69) is 104 Å². The van der Waals surface area contributed by atoms with Crippen LogP contribution in [0.4, 0.5) is 5.69 Å². The molecule has 1 aliphatic heterocycles. The lowest BCUT2D eigenvalue weighted by Gasteiger charge is -2.15. The Bertz CT molecular complexity index is 1010. The first kappa shape index (κ1) is 17.5. The molecule has 0 fully saturated rings. The van der Waals surface area contributed by atoms with Gasteiger partial charge in [-0.15, -0.1) is 0 Å². The van der Waals surface area contributed by atoms with E-state index in [9.17, 15) is 0 Å². The van der Waals surface area contributed by atoms with Crippen molar-refractivity contribution >= 4 is 28.5 Å². The molecular formula is C22H23ClN2. The van der Waals surface area contributed by atoms with Gasteiger partial charge in [0.15, 0.2) is 5.71 Å². The molecule has 4 rings (SSSR count). The Morgan fingerprint density at radius 2 is 1.68 bits per heavy atom. The second-order valence-electron chi connectivity index (χ2n) is 7.12. The molecule has 0 atom stereocenters. The molecule has 0 saturated carbocycles. The molecule has 2 aromatic carbocycles. The summed E-state index contributed by atoms with van der Waals surface area (Å²) in [6.45, 7) is 6.76. The second kappa shape index (κ2) is 6.20. The summed E-state index contributed by atoms with van der Waals surface area (Å²) in [4.78, 5) is 0. The molecule has 0 N–H and O–H groups in total. The molecule has 1 aromatic heterocycles. The Labute approximate surface area is 155 Å². The number of fused-ring (bicyclic) bond motifs is 2. The van der Waals surface area contributed by atoms with Crippen LogP contribution in [0.25, 0.3) is 17.1 Å². The fourth-order valence-corrected chi connectivity index (χ4v) is 3.96. The highest BCUT2D eigenvalue weighted by molar-refractivity contribution is 6.04. The van der Waals surface area contributed by atoms with Crippen LogP contribution in [0.3, 0.4) is 0 Å². The van der Waals surface area contributed by atoms with Crippen molar-refractivity contribution in [2.75, 3.05) is 7.05 Å². The first-order chi connectivity index (χ1) is 11.5. The zero-order valence-electron chi connectivity index (χ0n) is 15.1. The number of allylic oxidation sites excluding steroid dienone is 1. The van der Waals surface area contributed by atoms with Crippen molar-refractivity contribution < 1.29 is 17.0 Å². The van der Waals surface area contributed by atoms with Gasteiger partial charge < -0.3 is 17.0 Å². The second-order valence-corrected chi connectivity index (χ2v) is 7.12. The maximum Gasteiger partial charge on any atom is 0.209 e. The summed E-state index contributed by atoms with van der Waals surface area (Å²) in [5.41, 5.74) is 6.53. The third-order valence-electron chi connectivity index (χ3n) is 5.26. The lowest BCUT2D eigenvalue weighted by atomic mass is 9.81. The maximum atomic E-state index is 2.31. The van der Waals surface area contributed by atoms with Crippen LogP contribution in [0.15, 0.2) is 60.7 Å². The van der Waals surface area contributed by atoms with E-state index in [-0.39, 0.29) is 17.8 Å². The van der Waals surface area contributed by atoms with Gasteiger partial charge in [-0.1, -0.05) is 36.4 Å². The Morgan fingerprint density at radius 3 is 2.44 bits per heavy atom. The zero-order valence-corrected chi connectivity index (χ0v) is 15.9. The van der Waals surface area contributed by atoms with Gasteiger partial charge in [0.2, 0.25) is 5.69 Å². The molecule has 2 heterocycles. The monoisotopic (exact) mass is 350 g/mol. The van der Waals surface area contributed by atoms with Crippen molar-refractivity contribution in [1.82, 2.24) is 4.57 Å². The smallest absolute Gasteiger partial charge is 0.209 e. The SMILES string of the molecule is Cc1cc2ccccc2n1/C=C/C1=[N+](C)c2ccccc2C1(C)C.[Cl-]. The van der Waals surface area contributed by atoms with Crippen molar-refractivity contribution in [3.8, 4) is 0 Å². The van der Waals surface area contributed by atoms with Gasteiger partial charge in [0.05, 0.1) is 10.9 Å². The van der Waals surface area contributed by atoms with Gasteiger partial charge in [0, 0.05) is 35.0 Å². The molecular weight excluding hydrogens is 328 g/mol. The predicted octanol–water partition coefficient (Wildman–Crippen LogP) is 2.13. The van der Waals surface area contributed by atoms with E-state index in [4.69, 9.17) is 0 Å². The number of aromatic nitrogens is 1. The van der Waals surface area contributed by atoms with Crippen LogP contribution < -0.4 is 12.4 Å². The van der Waals surface area contributed by atoms with Gasteiger partial charge >= 0.3 is 0 Å². The average Bonchev–Trinajstić information content (AvgIpc) is 2.99. The average molecular weight is 351 g/mol. The highest BCUT2D eigenvalue weighted by Crippen LogP contribution is 2.39. The fourth-order valence-electron chi connectivity index (χ4n) is 3.96. The molecule has 2 nitrogen and oxygen atoms in total. The Kier molecular flexibility index (Phi) is 4.34. The largest absolute Gasteiger partial charge is 1.00 e. The molecule has 25 heavy (non-hydrogen) atoms. The van der Waals surface area contributed by atoms with Gasteiger partial charge in [-0.3, -0.25) is 0 Å². The summed E-state index contributed by atoms with van der Waals surface area (Å²) >= 11 is 0. The number of benzene rings is 2. The van der Waals surface area contributed by atoms with Crippen LogP contribution in [0.1, 0.15) is 25.1 Å². The molecule has 0 aliphatic carbocycles. The lowest BCUT2D eigenvalue weighted by Crippen LogP contribution is -3.00. The van der Waals surface area contributed by atoms with E-state index in [1.54, 1.807) is 0 Å². The van der Waals surface area contributed by atoms with E-state index in [1.807, 2.05) is 0 Å². The van der Waals surface area contributed by atoms with Crippen LogP contribution in [0, 0.1) is 6.92 Å². The van der Waals surface area contributed by atoms with Gasteiger partial charge in [-0.25, -0.2) is 0 Å². The predicted molar refractivity (Wildman–Crippen MR) is 102 cm³/mol. The highest BCUT2D eigenvalue weighted by Gasteiger charge is 2.42. The van der Waals surface area contributed by atoms with Crippen molar-refractivity contribution in [3.05, 3.63) is 71.9 Å². The zero-order chi connectivity index (χ0) is 16.9. The molecule has 0 unspecified atom stereocenters. The van der Waals surface area contributed by atoms with Crippen LogP contribution in [-0.2, 0) is 5.41 Å². The molecule has 1 aliphatic rings. The molecule has 128 valence electrons. The van der Waals surface area contributed by atoms with Gasteiger partial charge in [-0.05, 0) is 32.9 Å². The standard InChI is InChI=1S/C22H23N2.ClH/c1-16-15-17-9-5-7-11-19(17)24(16)14-13-21-22(2,3)18-10-6-8-12-20(18)23(21)4;/h5-15H,1-4H3;1H/q+1;/p-1. The van der Waals surface area contributed by atoms with E-state index in [0.29, 0.717) is 0 Å². The van der Waals surface area contributed by atoms with E-state index in [0.717, 1.165) is 0 Å². The minimum Gasteiger partial charge on any atom is -1.00 e. The summed E-state index contributed by atoms with van der Waals surface area (Å²) in [5, 5.41) is 1.28. The van der Waals surface area contributed by atoms with Crippen LogP contribution in [0.2, 0.25) is 0 Å². The van der Waals surface area contributed by atoms with E-state index in [1.165, 1.54) is 33.6 Å². The number of aryl methyl sites for hydroxylation is 1. The molecule has 0 bridgehead atoms. The molecule has 0 spiro atoms. The number of nitrogens with zero attached hydrogens (tertiary/aromatic N) is 2. The summed E-state index contributed by atoms with van der Waals surface area (Å²) in [5.74, 6) is 0. The van der Waals surface area contributed by atoms with Gasteiger partial charge in [0.1, 0.15) is 7.05 Å². The Balaban J connectivity index is 0.00000182. The minimum absolute atomic E-state index is 0. The maximum absolute atomic E-state index is 2.31. The van der Waals surface area contributed by atoms with Crippen molar-refractivity contribution in [2.45, 2.75) is 26.2 Å². The van der Waals surface area contributed by atoms with Crippen molar-refractivity contribution in [3.63, 3.8) is 0 Å². The van der Waals surface area contributed by atoms with Crippen molar-refractivity contribution in [2.24, 2.45) is 0 Å². The van der Waals surface area contributed by atoms with Crippen molar-refractivity contribution in [1.29, 1.82) is 0 Å². The number of hydrogen-bond donors (Lipinski definition) is 0. The number of halogens is 1. The van der Waals surface area contributed by atoms with Gasteiger partial charge in [-0.2, -0.15) is 4.58 Å². The van der Waals surface area contributed by atoms with Crippen LogP contribution in [0.5, 0.6) is 0 Å². The summed E-state index contributed by atoms with van der Waals surface area (Å²) in [6.07, 6.45) is 4.47. The summed E-state index contributed by atoms with van der Waals surface area (Å²) < 4.78 is 4.59. The highest BCUT2D eigenvalue weighted by atomic mass is 35.5. The molecule has 3 heteroatoms. The number of rotatable bonds is 2. The number of hydrogen-bond acceptors (Lipinski definition) is 0. The fraction of sp³-hybridized carbons (Fsp3) is 0.227. The first-order valence-corrected chi connectivity index (χ1v) is 8.45. The molecule has 0 radical (unpaired) electrons. The topological polar surface area (TPSA) is 7.94 Å². The van der Waals surface area contributed by atoms with E-state index < -0.39 is 0 Å². The van der Waals surface area contributed by atoms with E-state index >= 15 is 0 Å². The lowest BCUT2D eigenvalue weighted by molar-refractivity contribution is -0.401. The Hall–Kier alpha value is -2.32. The first-order valence-electron chi connectivity index (χ1n) is 8.45. The van der Waals surface area contributed by atoms with Crippen LogP contribution >= 0.6 is 0 Å². The third kappa shape index (κ3) is 2.61. The summed E-state index contributed by atoms with van der Waals surface area (Å²) in [7, 11) is 2.16.